The second kappa shape index (κ2) is 9.14. The van der Waals surface area contributed by atoms with Crippen LogP contribution in [0, 0.1) is 5.82 Å². The van der Waals surface area contributed by atoms with Crippen molar-refractivity contribution < 1.29 is 4.39 Å². The van der Waals surface area contributed by atoms with Gasteiger partial charge in [0.1, 0.15) is 5.82 Å². The topological polar surface area (TPSA) is 0 Å². The second-order valence-electron chi connectivity index (χ2n) is 6.86. The molecule has 1 aromatic heterocycles. The number of thiophene rings is 1. The summed E-state index contributed by atoms with van der Waals surface area (Å²) in [5.74, 6) is -0.137. The van der Waals surface area contributed by atoms with Gasteiger partial charge in [0.15, 0.2) is 0 Å². The zero-order valence-electron chi connectivity index (χ0n) is 15.7. The summed E-state index contributed by atoms with van der Waals surface area (Å²) in [6.45, 7) is 4.40. The van der Waals surface area contributed by atoms with Crippen LogP contribution in [0.1, 0.15) is 50.0 Å². The molecule has 1 heterocycles. The quantitative estimate of drug-likeness (QED) is 0.355. The first kappa shape index (κ1) is 18.8. The van der Waals surface area contributed by atoms with Gasteiger partial charge >= 0.3 is 0 Å². The molecule has 0 radical (unpaired) electrons. The Balaban J connectivity index is 1.77. The summed E-state index contributed by atoms with van der Waals surface area (Å²) < 4.78 is 14.7. The number of aryl methyl sites for hydroxylation is 2. The van der Waals surface area contributed by atoms with Gasteiger partial charge in [-0.15, -0.1) is 11.3 Å². The third-order valence-electron chi connectivity index (χ3n) is 4.75. The maximum Gasteiger partial charge on any atom is 0.132 e. The third-order valence-corrected chi connectivity index (χ3v) is 5.93. The summed E-state index contributed by atoms with van der Waals surface area (Å²) in [6.07, 6.45) is 7.03. The zero-order valence-corrected chi connectivity index (χ0v) is 16.5. The lowest BCUT2D eigenvalue weighted by Gasteiger charge is -2.07. The zero-order chi connectivity index (χ0) is 18.4. The Hall–Kier alpha value is -1.93. The molecule has 0 bridgehead atoms. The van der Waals surface area contributed by atoms with Crippen LogP contribution in [-0.4, -0.2) is 0 Å². The van der Waals surface area contributed by atoms with Crippen LogP contribution in [0.5, 0.6) is 0 Å². The molecule has 0 spiro atoms. The van der Waals surface area contributed by atoms with Crippen molar-refractivity contribution in [2.45, 2.75) is 52.4 Å². The molecule has 0 saturated carbocycles. The molecule has 2 aromatic carbocycles. The minimum absolute atomic E-state index is 0.137. The molecule has 0 nitrogen and oxygen atoms in total. The molecule has 0 N–H and O–H groups in total. The fourth-order valence-corrected chi connectivity index (χ4v) is 4.33. The molecule has 3 rings (SSSR count). The van der Waals surface area contributed by atoms with Crippen molar-refractivity contribution in [1.29, 1.82) is 0 Å². The van der Waals surface area contributed by atoms with Gasteiger partial charge in [-0.3, -0.25) is 0 Å². The lowest BCUT2D eigenvalue weighted by Crippen LogP contribution is -1.86. The Kier molecular flexibility index (Phi) is 6.62. The van der Waals surface area contributed by atoms with Gasteiger partial charge in [0.2, 0.25) is 0 Å². The van der Waals surface area contributed by atoms with E-state index in [0.29, 0.717) is 5.56 Å². The van der Waals surface area contributed by atoms with E-state index in [0.717, 1.165) is 35.3 Å². The van der Waals surface area contributed by atoms with E-state index in [-0.39, 0.29) is 5.82 Å². The van der Waals surface area contributed by atoms with E-state index in [1.807, 2.05) is 12.1 Å². The second-order valence-corrected chi connectivity index (χ2v) is 8.03. The molecule has 0 unspecified atom stereocenters. The van der Waals surface area contributed by atoms with Gasteiger partial charge in [-0.2, -0.15) is 0 Å². The van der Waals surface area contributed by atoms with E-state index in [1.54, 1.807) is 17.4 Å². The molecule has 26 heavy (non-hydrogen) atoms. The van der Waals surface area contributed by atoms with Crippen molar-refractivity contribution in [3.05, 3.63) is 70.9 Å². The maximum atomic E-state index is 14.7. The number of benzene rings is 2. The van der Waals surface area contributed by atoms with Crippen molar-refractivity contribution in [2.75, 3.05) is 0 Å². The Labute approximate surface area is 160 Å². The summed E-state index contributed by atoms with van der Waals surface area (Å²) in [4.78, 5) is 2.38. The Morgan fingerprint density at radius 2 is 1.54 bits per heavy atom. The highest BCUT2D eigenvalue weighted by Gasteiger charge is 2.10. The van der Waals surface area contributed by atoms with E-state index in [4.69, 9.17) is 0 Å². The highest BCUT2D eigenvalue weighted by Crippen LogP contribution is 2.33. The fourth-order valence-electron chi connectivity index (χ4n) is 3.25. The molecule has 2 heteroatoms. The molecule has 0 amide bonds. The Morgan fingerprint density at radius 3 is 2.23 bits per heavy atom. The minimum Gasteiger partial charge on any atom is -0.206 e. The molecule has 0 saturated heterocycles. The highest BCUT2D eigenvalue weighted by molar-refractivity contribution is 7.15. The largest absolute Gasteiger partial charge is 0.206 e. The molecule has 0 aliphatic rings. The van der Waals surface area contributed by atoms with Gasteiger partial charge in [-0.25, -0.2) is 4.39 Å². The van der Waals surface area contributed by atoms with Crippen molar-refractivity contribution in [3.8, 4) is 21.6 Å². The van der Waals surface area contributed by atoms with E-state index < -0.39 is 0 Å². The van der Waals surface area contributed by atoms with Crippen LogP contribution in [0.15, 0.2) is 54.6 Å². The number of halogens is 1. The predicted molar refractivity (Wildman–Crippen MR) is 112 cm³/mol. The van der Waals surface area contributed by atoms with E-state index >= 15 is 0 Å². The van der Waals surface area contributed by atoms with Crippen molar-refractivity contribution >= 4 is 11.3 Å². The van der Waals surface area contributed by atoms with Gasteiger partial charge in [-0.1, -0.05) is 63.4 Å². The van der Waals surface area contributed by atoms with Crippen LogP contribution < -0.4 is 0 Å². The average molecular weight is 367 g/mol. The smallest absolute Gasteiger partial charge is 0.132 e. The molecular weight excluding hydrogens is 339 g/mol. The standard InChI is InChI=1S/C24H27FS/c1-3-5-6-8-21-14-16-24(26-21)22-15-13-20(17-23(22)25)19-11-9-18(7-4-2)10-12-19/h9-17H,3-8H2,1-2H3. The lowest BCUT2D eigenvalue weighted by atomic mass is 10.0. The van der Waals surface area contributed by atoms with Gasteiger partial charge in [-0.05, 0) is 60.2 Å². The van der Waals surface area contributed by atoms with Crippen LogP contribution in [-0.2, 0) is 12.8 Å². The molecule has 136 valence electrons. The van der Waals surface area contributed by atoms with E-state index in [9.17, 15) is 4.39 Å². The lowest BCUT2D eigenvalue weighted by molar-refractivity contribution is 0.632. The number of hydrogen-bond acceptors (Lipinski definition) is 1. The maximum absolute atomic E-state index is 14.7. The molecular formula is C24H27FS. The monoisotopic (exact) mass is 366 g/mol. The van der Waals surface area contributed by atoms with Crippen LogP contribution in [0.3, 0.4) is 0 Å². The van der Waals surface area contributed by atoms with Crippen LogP contribution in [0.4, 0.5) is 4.39 Å². The minimum atomic E-state index is -0.137. The summed E-state index contributed by atoms with van der Waals surface area (Å²) in [5, 5.41) is 0. The van der Waals surface area contributed by atoms with E-state index in [1.165, 1.54) is 29.7 Å². The van der Waals surface area contributed by atoms with Crippen LogP contribution in [0.25, 0.3) is 21.6 Å². The predicted octanol–water partition coefficient (Wildman–Crippen LogP) is 7.91. The normalized spacial score (nSPS) is 11.0. The van der Waals surface area contributed by atoms with Crippen molar-refractivity contribution in [2.24, 2.45) is 0 Å². The summed E-state index contributed by atoms with van der Waals surface area (Å²) >= 11 is 1.72. The third kappa shape index (κ3) is 4.62. The van der Waals surface area contributed by atoms with Crippen LogP contribution in [0.2, 0.25) is 0 Å². The summed E-state index contributed by atoms with van der Waals surface area (Å²) in [5.41, 5.74) is 4.06. The van der Waals surface area contributed by atoms with Crippen molar-refractivity contribution in [1.82, 2.24) is 0 Å². The van der Waals surface area contributed by atoms with E-state index in [2.05, 4.69) is 50.2 Å². The first-order chi connectivity index (χ1) is 12.7. The number of rotatable bonds is 8. The van der Waals surface area contributed by atoms with Crippen molar-refractivity contribution in [3.63, 3.8) is 0 Å². The Bertz CT molecular complexity index is 830. The average Bonchev–Trinajstić information content (AvgIpc) is 3.11. The van der Waals surface area contributed by atoms with Crippen LogP contribution >= 0.6 is 11.3 Å². The summed E-state index contributed by atoms with van der Waals surface area (Å²) in [7, 11) is 0. The fraction of sp³-hybridized carbons (Fsp3) is 0.333. The Morgan fingerprint density at radius 1 is 0.769 bits per heavy atom. The molecule has 3 aromatic rings. The number of unbranched alkanes of at least 4 members (excludes halogenated alkanes) is 2. The molecule has 0 atom stereocenters. The summed E-state index contributed by atoms with van der Waals surface area (Å²) in [6, 6.07) is 18.3. The molecule has 0 aliphatic heterocycles. The van der Waals surface area contributed by atoms with Gasteiger partial charge in [0.25, 0.3) is 0 Å². The SMILES string of the molecule is CCCCCc1ccc(-c2ccc(-c3ccc(CCC)cc3)cc2F)s1. The van der Waals surface area contributed by atoms with Gasteiger partial charge in [0, 0.05) is 15.3 Å². The first-order valence-electron chi connectivity index (χ1n) is 9.69. The highest BCUT2D eigenvalue weighted by atomic mass is 32.1. The van der Waals surface area contributed by atoms with Gasteiger partial charge < -0.3 is 0 Å². The number of hydrogen-bond donors (Lipinski definition) is 0. The molecule has 0 aliphatic carbocycles. The van der Waals surface area contributed by atoms with Gasteiger partial charge in [0.05, 0.1) is 0 Å². The first-order valence-corrected chi connectivity index (χ1v) is 10.5. The molecule has 0 fully saturated rings.